The molecule has 8 nitrogen and oxygen atoms in total. The third-order valence-electron chi connectivity index (χ3n) is 4.70. The summed E-state index contributed by atoms with van der Waals surface area (Å²) < 4.78 is 2.95. The molecule has 0 radical (unpaired) electrons. The Kier molecular flexibility index (Phi) is 5.47. The number of amides is 1. The molecule has 0 spiro atoms. The van der Waals surface area contributed by atoms with E-state index in [1.54, 1.807) is 11.0 Å². The van der Waals surface area contributed by atoms with Crippen molar-refractivity contribution >= 4 is 5.91 Å². The standard InChI is InChI=1S/C22H20N6O2/c1-16(18-7-9-19(10-8-18)28-15-23-14-24-28)25-22(30)20-11-12-21(29)27(26-20)13-17-5-3-2-4-6-17/h2-12,14-16H,13H2,1H3,(H,25,30). The SMILES string of the molecule is CC(NC(=O)c1ccc(=O)n(Cc2ccccc2)n1)c1ccc(-n2cncn2)cc1. The lowest BCUT2D eigenvalue weighted by atomic mass is 10.1. The highest BCUT2D eigenvalue weighted by atomic mass is 16.2. The molecule has 0 aliphatic rings. The number of carbonyl (C=O) groups excluding carboxylic acids is 1. The van der Waals surface area contributed by atoms with Crippen molar-refractivity contribution in [2.45, 2.75) is 19.5 Å². The van der Waals surface area contributed by atoms with Crippen LogP contribution in [0.5, 0.6) is 0 Å². The summed E-state index contributed by atoms with van der Waals surface area (Å²) in [6.45, 7) is 2.20. The Morgan fingerprint density at radius 3 is 2.50 bits per heavy atom. The van der Waals surface area contributed by atoms with E-state index in [0.29, 0.717) is 6.54 Å². The van der Waals surface area contributed by atoms with Crippen molar-refractivity contribution in [1.82, 2.24) is 29.9 Å². The predicted molar refractivity (Wildman–Crippen MR) is 111 cm³/mol. The highest BCUT2D eigenvalue weighted by Crippen LogP contribution is 2.15. The zero-order valence-corrected chi connectivity index (χ0v) is 16.3. The summed E-state index contributed by atoms with van der Waals surface area (Å²) in [7, 11) is 0. The van der Waals surface area contributed by atoms with Gasteiger partial charge in [-0.25, -0.2) is 14.3 Å². The second-order valence-electron chi connectivity index (χ2n) is 6.83. The first kappa shape index (κ1) is 19.3. The molecule has 0 fully saturated rings. The van der Waals surface area contributed by atoms with Crippen LogP contribution in [0.15, 0.2) is 84.2 Å². The Morgan fingerprint density at radius 2 is 1.80 bits per heavy atom. The van der Waals surface area contributed by atoms with Gasteiger partial charge in [0.25, 0.3) is 11.5 Å². The number of hydrogen-bond acceptors (Lipinski definition) is 5. The zero-order valence-electron chi connectivity index (χ0n) is 16.3. The van der Waals surface area contributed by atoms with Crippen molar-refractivity contribution in [3.63, 3.8) is 0 Å². The third-order valence-corrected chi connectivity index (χ3v) is 4.70. The molecule has 0 saturated heterocycles. The van der Waals surface area contributed by atoms with Gasteiger partial charge in [-0.1, -0.05) is 42.5 Å². The maximum atomic E-state index is 12.7. The van der Waals surface area contributed by atoms with Crippen LogP contribution in [-0.4, -0.2) is 30.5 Å². The van der Waals surface area contributed by atoms with Gasteiger partial charge in [-0.05, 0) is 36.2 Å². The van der Waals surface area contributed by atoms with Crippen molar-refractivity contribution in [3.05, 3.63) is 107 Å². The maximum absolute atomic E-state index is 12.7. The fourth-order valence-corrected chi connectivity index (χ4v) is 3.05. The van der Waals surface area contributed by atoms with E-state index in [0.717, 1.165) is 16.8 Å². The first-order valence-electron chi connectivity index (χ1n) is 9.48. The molecule has 1 N–H and O–H groups in total. The predicted octanol–water partition coefficient (Wildman–Crippen LogP) is 2.36. The van der Waals surface area contributed by atoms with Crippen LogP contribution in [0.25, 0.3) is 5.69 Å². The van der Waals surface area contributed by atoms with Crippen molar-refractivity contribution in [2.24, 2.45) is 0 Å². The van der Waals surface area contributed by atoms with E-state index in [4.69, 9.17) is 0 Å². The molecule has 0 bridgehead atoms. The average Bonchev–Trinajstić information content (AvgIpc) is 3.31. The smallest absolute Gasteiger partial charge is 0.272 e. The van der Waals surface area contributed by atoms with Gasteiger partial charge < -0.3 is 5.32 Å². The molecule has 0 aliphatic carbocycles. The lowest BCUT2D eigenvalue weighted by Gasteiger charge is -2.15. The molecule has 0 aliphatic heterocycles. The summed E-state index contributed by atoms with van der Waals surface area (Å²) in [5.41, 5.74) is 2.68. The lowest BCUT2D eigenvalue weighted by Crippen LogP contribution is -2.31. The average molecular weight is 400 g/mol. The fraction of sp³-hybridized carbons (Fsp3) is 0.136. The second kappa shape index (κ2) is 8.52. The molecular weight excluding hydrogens is 380 g/mol. The molecule has 4 aromatic rings. The van der Waals surface area contributed by atoms with Crippen molar-refractivity contribution < 1.29 is 4.79 Å². The third kappa shape index (κ3) is 4.33. The van der Waals surface area contributed by atoms with Gasteiger partial charge in [0.05, 0.1) is 18.3 Å². The van der Waals surface area contributed by atoms with Crippen LogP contribution in [0.1, 0.15) is 34.6 Å². The van der Waals surface area contributed by atoms with Crippen molar-refractivity contribution in [1.29, 1.82) is 0 Å². The number of benzene rings is 2. The highest BCUT2D eigenvalue weighted by Gasteiger charge is 2.14. The molecule has 4 rings (SSSR count). The van der Waals surface area contributed by atoms with Crippen molar-refractivity contribution in [2.75, 3.05) is 0 Å². The number of nitrogens with zero attached hydrogens (tertiary/aromatic N) is 5. The van der Waals surface area contributed by atoms with E-state index in [1.807, 2.05) is 61.5 Å². The van der Waals surface area contributed by atoms with Crippen LogP contribution < -0.4 is 10.9 Å². The van der Waals surface area contributed by atoms with E-state index in [1.165, 1.54) is 23.1 Å². The van der Waals surface area contributed by atoms with Crippen LogP contribution in [0.4, 0.5) is 0 Å². The summed E-state index contributed by atoms with van der Waals surface area (Å²) in [5.74, 6) is -0.343. The van der Waals surface area contributed by atoms with E-state index >= 15 is 0 Å². The number of nitrogens with one attached hydrogen (secondary N) is 1. The molecule has 1 amide bonds. The number of hydrogen-bond donors (Lipinski definition) is 1. The topological polar surface area (TPSA) is 94.7 Å². The molecule has 0 saturated carbocycles. The van der Waals surface area contributed by atoms with Crippen LogP contribution in [-0.2, 0) is 6.54 Å². The van der Waals surface area contributed by atoms with Gasteiger partial charge in [0.1, 0.15) is 18.3 Å². The minimum absolute atomic E-state index is 0.191. The molecule has 2 heterocycles. The lowest BCUT2D eigenvalue weighted by molar-refractivity contribution is 0.0932. The molecule has 30 heavy (non-hydrogen) atoms. The Bertz CT molecular complexity index is 1180. The minimum atomic E-state index is -0.343. The second-order valence-corrected chi connectivity index (χ2v) is 6.83. The van der Waals surface area contributed by atoms with Gasteiger partial charge in [0.15, 0.2) is 0 Å². The van der Waals surface area contributed by atoms with Crippen LogP contribution in [0.2, 0.25) is 0 Å². The largest absolute Gasteiger partial charge is 0.344 e. The fourth-order valence-electron chi connectivity index (χ4n) is 3.05. The quantitative estimate of drug-likeness (QED) is 0.536. The van der Waals surface area contributed by atoms with Crippen LogP contribution >= 0.6 is 0 Å². The van der Waals surface area contributed by atoms with Crippen LogP contribution in [0, 0.1) is 0 Å². The number of carbonyl (C=O) groups is 1. The molecule has 150 valence electrons. The van der Waals surface area contributed by atoms with E-state index < -0.39 is 0 Å². The van der Waals surface area contributed by atoms with Gasteiger partial charge in [-0.3, -0.25) is 9.59 Å². The van der Waals surface area contributed by atoms with E-state index in [2.05, 4.69) is 20.5 Å². The Morgan fingerprint density at radius 1 is 1.03 bits per heavy atom. The molecule has 8 heteroatoms. The summed E-state index contributed by atoms with van der Waals surface area (Å²) in [5, 5.41) is 11.3. The summed E-state index contributed by atoms with van der Waals surface area (Å²) in [4.78, 5) is 28.7. The van der Waals surface area contributed by atoms with Crippen molar-refractivity contribution in [3.8, 4) is 5.69 Å². The van der Waals surface area contributed by atoms with Gasteiger partial charge >= 0.3 is 0 Å². The summed E-state index contributed by atoms with van der Waals surface area (Å²) in [6.07, 6.45) is 3.09. The Labute approximate surface area is 172 Å². The normalized spacial score (nSPS) is 11.8. The van der Waals surface area contributed by atoms with Gasteiger partial charge in [0.2, 0.25) is 0 Å². The van der Waals surface area contributed by atoms with Gasteiger partial charge in [-0.15, -0.1) is 0 Å². The highest BCUT2D eigenvalue weighted by molar-refractivity contribution is 5.92. The molecule has 1 atom stereocenters. The van der Waals surface area contributed by atoms with Crippen LogP contribution in [0.3, 0.4) is 0 Å². The zero-order chi connectivity index (χ0) is 20.9. The number of aromatic nitrogens is 5. The van der Waals surface area contributed by atoms with Gasteiger partial charge in [0, 0.05) is 6.07 Å². The first-order chi connectivity index (χ1) is 14.6. The molecule has 1 unspecified atom stereocenters. The Balaban J connectivity index is 1.46. The monoisotopic (exact) mass is 400 g/mol. The summed E-state index contributed by atoms with van der Waals surface area (Å²) in [6, 6.07) is 19.7. The van der Waals surface area contributed by atoms with E-state index in [9.17, 15) is 9.59 Å². The maximum Gasteiger partial charge on any atom is 0.272 e. The molecule has 2 aromatic heterocycles. The summed E-state index contributed by atoms with van der Waals surface area (Å²) >= 11 is 0. The minimum Gasteiger partial charge on any atom is -0.344 e. The first-order valence-corrected chi connectivity index (χ1v) is 9.48. The molecule has 2 aromatic carbocycles. The molecular formula is C22H20N6O2. The van der Waals surface area contributed by atoms with Gasteiger partial charge in [-0.2, -0.15) is 10.2 Å². The number of rotatable bonds is 6. The van der Waals surface area contributed by atoms with E-state index in [-0.39, 0.29) is 23.2 Å². The Hall–Kier alpha value is -4.07.